The van der Waals surface area contributed by atoms with Crippen molar-refractivity contribution in [3.05, 3.63) is 0 Å². The van der Waals surface area contributed by atoms with Crippen LogP contribution in [-0.2, 0) is 33.2 Å². The molecule has 3 saturated heterocycles. The smallest absolute Gasteiger partial charge is 0.303 e. The predicted molar refractivity (Wildman–Crippen MR) is 147 cm³/mol. The average Bonchev–Trinajstić information content (AvgIpc) is 2.98. The summed E-state index contributed by atoms with van der Waals surface area (Å²) in [5.41, 5.74) is 0. The van der Waals surface area contributed by atoms with E-state index in [0.717, 1.165) is 6.92 Å². The van der Waals surface area contributed by atoms with Crippen LogP contribution in [0.25, 0.3) is 0 Å². The Balaban J connectivity index is 1.30. The third-order valence-corrected chi connectivity index (χ3v) is 9.97. The van der Waals surface area contributed by atoms with Crippen molar-refractivity contribution in [3.8, 4) is 0 Å². The summed E-state index contributed by atoms with van der Waals surface area (Å²) in [6.07, 6.45) is -18.2. The molecule has 3 heterocycles. The Labute approximate surface area is 260 Å². The van der Waals surface area contributed by atoms with Crippen LogP contribution in [0.2, 0.25) is 0 Å². The Morgan fingerprint density at radius 2 is 1.47 bits per heavy atom. The molecule has 0 aromatic heterocycles. The molecule has 0 amide bonds. The van der Waals surface area contributed by atoms with E-state index in [4.69, 9.17) is 28.4 Å². The summed E-state index contributed by atoms with van der Waals surface area (Å²) in [7, 11) is 0. The van der Waals surface area contributed by atoms with Crippen molar-refractivity contribution in [2.24, 2.45) is 11.8 Å². The maximum Gasteiger partial charge on any atom is 0.303 e. The molecule has 0 bridgehead atoms. The van der Waals surface area contributed by atoms with Crippen molar-refractivity contribution in [2.45, 2.75) is 157 Å². The first-order valence-electron chi connectivity index (χ1n) is 15.8. The molecule has 45 heavy (non-hydrogen) atoms. The lowest BCUT2D eigenvalue weighted by molar-refractivity contribution is -0.346. The number of aliphatic hydroxyl groups excluding tert-OH is 9. The monoisotopic (exact) mass is 652 g/mol. The molecular formula is C29H48O16. The highest BCUT2D eigenvalue weighted by atomic mass is 16.7. The second-order valence-electron chi connectivity index (χ2n) is 13.2. The number of carbonyl (C=O) groups is 1. The molecular weight excluding hydrogens is 604 g/mol. The number of fused-ring (bicyclic) bond motifs is 1. The van der Waals surface area contributed by atoms with E-state index >= 15 is 0 Å². The normalized spacial score (nSPS) is 52.6. The van der Waals surface area contributed by atoms with Crippen LogP contribution in [0.15, 0.2) is 0 Å². The maximum atomic E-state index is 11.6. The number of aliphatic hydroxyl groups is 9. The van der Waals surface area contributed by atoms with Crippen LogP contribution in [-0.4, -0.2) is 163 Å². The number of hydrogen-bond acceptors (Lipinski definition) is 16. The van der Waals surface area contributed by atoms with E-state index in [-0.39, 0.29) is 25.2 Å². The second kappa shape index (κ2) is 14.6. The molecule has 3 aliphatic heterocycles. The third-order valence-electron chi connectivity index (χ3n) is 9.97. The van der Waals surface area contributed by atoms with E-state index in [1.807, 2.05) is 0 Å². The summed E-state index contributed by atoms with van der Waals surface area (Å²) < 4.78 is 34.9. The van der Waals surface area contributed by atoms with E-state index in [1.54, 1.807) is 0 Å². The van der Waals surface area contributed by atoms with Crippen molar-refractivity contribution in [1.82, 2.24) is 0 Å². The fourth-order valence-electron chi connectivity index (χ4n) is 7.39. The lowest BCUT2D eigenvalue weighted by Crippen LogP contribution is -2.63. The highest BCUT2D eigenvalue weighted by Gasteiger charge is 2.53. The van der Waals surface area contributed by atoms with Crippen LogP contribution >= 0.6 is 0 Å². The van der Waals surface area contributed by atoms with Crippen LogP contribution < -0.4 is 0 Å². The number of hydrogen-bond donors (Lipinski definition) is 9. The van der Waals surface area contributed by atoms with Crippen molar-refractivity contribution < 1.29 is 79.2 Å². The van der Waals surface area contributed by atoms with Crippen LogP contribution in [0, 0.1) is 11.8 Å². The summed E-state index contributed by atoms with van der Waals surface area (Å²) in [6.45, 7) is 2.12. The molecule has 2 saturated carbocycles. The molecule has 0 radical (unpaired) electrons. The summed E-state index contributed by atoms with van der Waals surface area (Å²) >= 11 is 0. The van der Waals surface area contributed by atoms with Gasteiger partial charge >= 0.3 is 5.97 Å². The Bertz CT molecular complexity index is 988. The third kappa shape index (κ3) is 7.65. The van der Waals surface area contributed by atoms with Crippen molar-refractivity contribution in [2.75, 3.05) is 6.61 Å². The van der Waals surface area contributed by atoms with Crippen molar-refractivity contribution in [3.63, 3.8) is 0 Å². The van der Waals surface area contributed by atoms with Crippen molar-refractivity contribution >= 4 is 5.97 Å². The van der Waals surface area contributed by atoms with Gasteiger partial charge in [0, 0.05) is 12.8 Å². The number of ether oxygens (including phenoxy) is 6. The quantitative estimate of drug-likeness (QED) is 0.120. The first kappa shape index (κ1) is 35.2. The molecule has 260 valence electrons. The Kier molecular flexibility index (Phi) is 11.4. The second-order valence-corrected chi connectivity index (χ2v) is 13.2. The molecule has 0 spiro atoms. The van der Waals surface area contributed by atoms with Gasteiger partial charge in [0.25, 0.3) is 0 Å². The molecule has 2 aliphatic carbocycles. The SMILES string of the molecule is CC(=O)O[C@H]1[C@H](OC[C@H]2O[C@@H](OC3CC4C(O)CC(O)CC4OC3C3CCC(O)C(O)C3)[C@H](O)[C@@H](O)[C@@H]2O)O[C@@H](C)[C@H](O)[C@H]1O. The minimum atomic E-state index is -1.74. The van der Waals surface area contributed by atoms with Gasteiger partial charge in [0.15, 0.2) is 18.7 Å². The number of carbonyl (C=O) groups excluding carboxylic acids is 1. The van der Waals surface area contributed by atoms with Gasteiger partial charge in [-0.2, -0.15) is 0 Å². The summed E-state index contributed by atoms with van der Waals surface area (Å²) in [4.78, 5) is 11.6. The average molecular weight is 653 g/mol. The zero-order chi connectivity index (χ0) is 32.7. The van der Waals surface area contributed by atoms with Gasteiger partial charge in [-0.3, -0.25) is 4.79 Å². The molecule has 5 rings (SSSR count). The molecule has 5 aliphatic rings. The van der Waals surface area contributed by atoms with Gasteiger partial charge in [0.2, 0.25) is 0 Å². The minimum Gasteiger partial charge on any atom is -0.454 e. The molecule has 16 nitrogen and oxygen atoms in total. The van der Waals surface area contributed by atoms with Gasteiger partial charge in [-0.1, -0.05) is 0 Å². The Morgan fingerprint density at radius 3 is 2.16 bits per heavy atom. The molecule has 16 heteroatoms. The highest BCUT2D eigenvalue weighted by molar-refractivity contribution is 5.66. The molecule has 19 atom stereocenters. The molecule has 5 fully saturated rings. The summed E-state index contributed by atoms with van der Waals surface area (Å²) in [5.74, 6) is -1.44. The number of rotatable bonds is 7. The van der Waals surface area contributed by atoms with Crippen LogP contribution in [0.3, 0.4) is 0 Å². The van der Waals surface area contributed by atoms with E-state index in [1.165, 1.54) is 6.92 Å². The number of esters is 1. The van der Waals surface area contributed by atoms with Crippen LogP contribution in [0.4, 0.5) is 0 Å². The fourth-order valence-corrected chi connectivity index (χ4v) is 7.39. The topological polar surface area (TPSA) is 255 Å². The first-order chi connectivity index (χ1) is 21.2. The molecule has 0 aromatic rings. The maximum absolute atomic E-state index is 11.6. The molecule has 9 N–H and O–H groups in total. The summed E-state index contributed by atoms with van der Waals surface area (Å²) in [5, 5.41) is 94.4. The van der Waals surface area contributed by atoms with Gasteiger partial charge in [0.05, 0.1) is 55.4 Å². The van der Waals surface area contributed by atoms with E-state index in [0.29, 0.717) is 19.3 Å². The predicted octanol–water partition coefficient (Wildman–Crippen LogP) is -3.59. The largest absolute Gasteiger partial charge is 0.454 e. The lowest BCUT2D eigenvalue weighted by Gasteiger charge is -2.51. The van der Waals surface area contributed by atoms with Crippen LogP contribution in [0.1, 0.15) is 52.4 Å². The van der Waals surface area contributed by atoms with Gasteiger partial charge in [-0.15, -0.1) is 0 Å². The Hall–Kier alpha value is -1.09. The highest BCUT2D eigenvalue weighted by Crippen LogP contribution is 2.43. The minimum absolute atomic E-state index is 0.158. The fraction of sp³-hybridized carbons (Fsp3) is 0.966. The zero-order valence-corrected chi connectivity index (χ0v) is 25.3. The van der Waals surface area contributed by atoms with E-state index in [9.17, 15) is 50.8 Å². The van der Waals surface area contributed by atoms with Gasteiger partial charge in [-0.25, -0.2) is 0 Å². The summed E-state index contributed by atoms with van der Waals surface area (Å²) in [6, 6.07) is 0. The zero-order valence-electron chi connectivity index (χ0n) is 25.3. The van der Waals surface area contributed by atoms with Gasteiger partial charge < -0.3 is 74.4 Å². The first-order valence-corrected chi connectivity index (χ1v) is 15.8. The molecule has 0 aromatic carbocycles. The van der Waals surface area contributed by atoms with Gasteiger partial charge in [0.1, 0.15) is 36.6 Å². The standard InChI is InChI=1S/C29H48O16/c1-10-21(35)24(38)27(42-11(2)30)29(41-10)40-9-20-22(36)23(37)25(39)28(45-20)44-19-8-14-16(33)6-13(31)7-18(14)43-26(19)12-3-4-15(32)17(34)5-12/h10,12-29,31-39H,3-9H2,1-2H3/t10-,12?,13?,14?,15?,16?,17?,18?,19?,20+,21-,22+,23-,24+,25+,26?,27+,28+,29+/m0/s1. The van der Waals surface area contributed by atoms with E-state index in [2.05, 4.69) is 0 Å². The Morgan fingerprint density at radius 1 is 0.733 bits per heavy atom. The van der Waals surface area contributed by atoms with Crippen LogP contribution in [0.5, 0.6) is 0 Å². The molecule has 9 unspecified atom stereocenters. The van der Waals surface area contributed by atoms with Gasteiger partial charge in [-0.05, 0) is 51.4 Å². The lowest BCUT2D eigenvalue weighted by atomic mass is 9.72. The van der Waals surface area contributed by atoms with Crippen molar-refractivity contribution in [1.29, 1.82) is 0 Å². The van der Waals surface area contributed by atoms with E-state index < -0.39 is 123 Å².